The zero-order chi connectivity index (χ0) is 18.6. The first-order valence-electron chi connectivity index (χ1n) is 8.45. The number of aromatic nitrogens is 2. The average molecular weight is 377 g/mol. The van der Waals surface area contributed by atoms with E-state index in [1.165, 1.54) is 0 Å². The van der Waals surface area contributed by atoms with Gasteiger partial charge in [0.2, 0.25) is 16.0 Å². The van der Waals surface area contributed by atoms with Gasteiger partial charge in [-0.25, -0.2) is 18.1 Å². The van der Waals surface area contributed by atoms with Gasteiger partial charge in [-0.2, -0.15) is 4.98 Å². The first-order valence-corrected chi connectivity index (χ1v) is 10.00. The van der Waals surface area contributed by atoms with E-state index in [2.05, 4.69) is 25.3 Å². The summed E-state index contributed by atoms with van der Waals surface area (Å²) in [5, 5.41) is 6.06. The third kappa shape index (κ3) is 5.06. The van der Waals surface area contributed by atoms with E-state index in [1.54, 1.807) is 7.11 Å². The van der Waals surface area contributed by atoms with Crippen molar-refractivity contribution in [3.63, 3.8) is 0 Å². The van der Waals surface area contributed by atoms with Crippen LogP contribution in [0.2, 0.25) is 0 Å². The summed E-state index contributed by atoms with van der Waals surface area (Å²) in [5.74, 6) is 1.89. The highest BCUT2D eigenvalue weighted by Gasteiger charge is 2.35. The minimum atomic E-state index is -3.16. The summed E-state index contributed by atoms with van der Waals surface area (Å²) in [4.78, 5) is 8.74. The Morgan fingerprint density at radius 2 is 1.88 bits per heavy atom. The molecule has 1 saturated carbocycles. The van der Waals surface area contributed by atoms with Crippen LogP contribution in [0.1, 0.15) is 18.5 Å². The van der Waals surface area contributed by atoms with Crippen molar-refractivity contribution in [1.29, 1.82) is 0 Å². The molecule has 3 N–H and O–H groups in total. The fraction of sp³-hybridized carbons (Fsp3) is 0.412. The number of benzene rings is 1. The van der Waals surface area contributed by atoms with Crippen LogP contribution in [0, 0.1) is 6.92 Å². The number of anilines is 3. The molecule has 1 heterocycles. The van der Waals surface area contributed by atoms with Gasteiger partial charge in [0.05, 0.1) is 12.4 Å². The minimum Gasteiger partial charge on any atom is -0.497 e. The van der Waals surface area contributed by atoms with Crippen LogP contribution in [-0.2, 0) is 10.0 Å². The molecule has 1 fully saturated rings. The van der Waals surface area contributed by atoms with Crippen LogP contribution >= 0.6 is 0 Å². The normalized spacial score (nSPS) is 14.1. The van der Waals surface area contributed by atoms with Crippen LogP contribution in [0.3, 0.4) is 0 Å². The Bertz CT molecular complexity index is 851. The maximum Gasteiger partial charge on any atom is 0.224 e. The van der Waals surface area contributed by atoms with E-state index in [9.17, 15) is 8.42 Å². The van der Waals surface area contributed by atoms with Crippen molar-refractivity contribution in [1.82, 2.24) is 14.7 Å². The molecule has 1 aromatic carbocycles. The fourth-order valence-electron chi connectivity index (χ4n) is 2.40. The van der Waals surface area contributed by atoms with Crippen molar-refractivity contribution in [3.05, 3.63) is 36.0 Å². The molecule has 0 radical (unpaired) electrons. The standard InChI is InChI=1S/C17H23N5O3S/c1-12-11-16(21-13-3-5-14(25-2)6-4-13)22-17(20-12)18-9-10-19-26(23,24)15-7-8-15/h3-6,11,15,19H,7-10H2,1-2H3,(H2,18,20,21,22). The molecule has 0 spiro atoms. The summed E-state index contributed by atoms with van der Waals surface area (Å²) < 4.78 is 31.3. The van der Waals surface area contributed by atoms with E-state index in [-0.39, 0.29) is 5.25 Å². The molecule has 2 aromatic rings. The Balaban J connectivity index is 1.56. The topological polar surface area (TPSA) is 105 Å². The maximum atomic E-state index is 11.8. The number of hydrogen-bond donors (Lipinski definition) is 3. The van der Waals surface area contributed by atoms with Gasteiger partial charge < -0.3 is 15.4 Å². The van der Waals surface area contributed by atoms with Crippen molar-refractivity contribution in [2.75, 3.05) is 30.8 Å². The summed E-state index contributed by atoms with van der Waals surface area (Å²) in [5.41, 5.74) is 1.68. The Hall–Kier alpha value is -2.39. The highest BCUT2D eigenvalue weighted by atomic mass is 32.2. The highest BCUT2D eigenvalue weighted by Crippen LogP contribution is 2.27. The van der Waals surface area contributed by atoms with E-state index in [0.29, 0.717) is 24.9 Å². The Kier molecular flexibility index (Phi) is 5.58. The number of nitrogens with zero attached hydrogens (tertiary/aromatic N) is 2. The molecule has 1 aromatic heterocycles. The predicted molar refractivity (Wildman–Crippen MR) is 101 cm³/mol. The van der Waals surface area contributed by atoms with E-state index in [0.717, 1.165) is 30.0 Å². The summed E-state index contributed by atoms with van der Waals surface area (Å²) in [6.45, 7) is 2.59. The molecular weight excluding hydrogens is 354 g/mol. The average Bonchev–Trinajstić information content (AvgIpc) is 3.45. The zero-order valence-corrected chi connectivity index (χ0v) is 15.6. The van der Waals surface area contributed by atoms with E-state index < -0.39 is 10.0 Å². The first kappa shape index (κ1) is 18.4. The lowest BCUT2D eigenvalue weighted by atomic mass is 10.3. The summed E-state index contributed by atoms with van der Waals surface area (Å²) in [6.07, 6.45) is 1.51. The van der Waals surface area contributed by atoms with Crippen LogP contribution in [0.15, 0.2) is 30.3 Å². The quantitative estimate of drug-likeness (QED) is 0.574. The Morgan fingerprint density at radius 3 is 2.54 bits per heavy atom. The van der Waals surface area contributed by atoms with Crippen molar-refractivity contribution in [2.45, 2.75) is 25.0 Å². The number of methoxy groups -OCH3 is 1. The smallest absolute Gasteiger partial charge is 0.224 e. The molecule has 26 heavy (non-hydrogen) atoms. The minimum absolute atomic E-state index is 0.210. The van der Waals surface area contributed by atoms with Gasteiger partial charge in [-0.15, -0.1) is 0 Å². The van der Waals surface area contributed by atoms with Gasteiger partial charge in [0.15, 0.2) is 0 Å². The number of sulfonamides is 1. The molecule has 3 rings (SSSR count). The van der Waals surface area contributed by atoms with Crippen molar-refractivity contribution in [3.8, 4) is 5.75 Å². The van der Waals surface area contributed by atoms with Gasteiger partial charge in [0.25, 0.3) is 0 Å². The predicted octanol–water partition coefficient (Wildman–Crippen LogP) is 2.03. The monoisotopic (exact) mass is 377 g/mol. The molecule has 0 atom stereocenters. The van der Waals surface area contributed by atoms with Crippen LogP contribution in [0.25, 0.3) is 0 Å². The molecule has 1 aliphatic rings. The van der Waals surface area contributed by atoms with Crippen molar-refractivity contribution >= 4 is 27.5 Å². The summed E-state index contributed by atoms with van der Waals surface area (Å²) in [7, 11) is -1.53. The number of nitrogens with one attached hydrogen (secondary N) is 3. The number of hydrogen-bond acceptors (Lipinski definition) is 7. The van der Waals surface area contributed by atoms with Gasteiger partial charge >= 0.3 is 0 Å². The van der Waals surface area contributed by atoms with Crippen LogP contribution in [-0.4, -0.2) is 43.8 Å². The number of rotatable bonds is 9. The number of ether oxygens (including phenoxy) is 1. The molecule has 0 saturated heterocycles. The van der Waals surface area contributed by atoms with Crippen molar-refractivity contribution < 1.29 is 13.2 Å². The molecule has 140 valence electrons. The van der Waals surface area contributed by atoms with Crippen molar-refractivity contribution in [2.24, 2.45) is 0 Å². The van der Waals surface area contributed by atoms with Crippen LogP contribution in [0.4, 0.5) is 17.5 Å². The third-order valence-corrected chi connectivity index (χ3v) is 5.85. The maximum absolute atomic E-state index is 11.8. The highest BCUT2D eigenvalue weighted by molar-refractivity contribution is 7.90. The Morgan fingerprint density at radius 1 is 1.15 bits per heavy atom. The van der Waals surface area contributed by atoms with Gasteiger partial charge in [0, 0.05) is 30.5 Å². The number of aryl methyl sites for hydroxylation is 1. The molecule has 1 aliphatic carbocycles. The van der Waals surface area contributed by atoms with Gasteiger partial charge in [-0.05, 0) is 44.0 Å². The van der Waals surface area contributed by atoms with Gasteiger partial charge in [-0.3, -0.25) is 0 Å². The molecule has 0 bridgehead atoms. The van der Waals surface area contributed by atoms with Gasteiger partial charge in [0.1, 0.15) is 11.6 Å². The van der Waals surface area contributed by atoms with Crippen LogP contribution in [0.5, 0.6) is 5.75 Å². The largest absolute Gasteiger partial charge is 0.497 e. The van der Waals surface area contributed by atoms with E-state index in [1.807, 2.05) is 37.3 Å². The van der Waals surface area contributed by atoms with Gasteiger partial charge in [-0.1, -0.05) is 0 Å². The molecular formula is C17H23N5O3S. The molecule has 0 aliphatic heterocycles. The second-order valence-electron chi connectivity index (χ2n) is 6.14. The lowest BCUT2D eigenvalue weighted by Gasteiger charge is -2.11. The first-order chi connectivity index (χ1) is 12.5. The lowest BCUT2D eigenvalue weighted by Crippen LogP contribution is -2.31. The lowest BCUT2D eigenvalue weighted by molar-refractivity contribution is 0.415. The fourth-order valence-corrected chi connectivity index (χ4v) is 3.78. The second kappa shape index (κ2) is 7.88. The zero-order valence-electron chi connectivity index (χ0n) is 14.8. The molecule has 9 heteroatoms. The SMILES string of the molecule is COc1ccc(Nc2cc(C)nc(NCCNS(=O)(=O)C3CC3)n2)cc1. The Labute approximate surface area is 153 Å². The van der Waals surface area contributed by atoms with E-state index in [4.69, 9.17) is 4.74 Å². The van der Waals surface area contributed by atoms with E-state index >= 15 is 0 Å². The second-order valence-corrected chi connectivity index (χ2v) is 8.18. The third-order valence-electron chi connectivity index (χ3n) is 3.89. The summed E-state index contributed by atoms with van der Waals surface area (Å²) in [6, 6.07) is 9.36. The molecule has 0 amide bonds. The molecule has 8 nitrogen and oxygen atoms in total. The van der Waals surface area contributed by atoms with Crippen LogP contribution < -0.4 is 20.1 Å². The summed E-state index contributed by atoms with van der Waals surface area (Å²) >= 11 is 0. The molecule has 0 unspecified atom stereocenters.